The summed E-state index contributed by atoms with van der Waals surface area (Å²) in [5.41, 5.74) is 1.58. The second kappa shape index (κ2) is 7.55. The van der Waals surface area contributed by atoms with Crippen molar-refractivity contribution in [2.45, 2.75) is 24.3 Å². The molecule has 4 atom stereocenters. The van der Waals surface area contributed by atoms with Gasteiger partial charge in [0.25, 0.3) is 0 Å². The van der Waals surface area contributed by atoms with Crippen LogP contribution in [0, 0.1) is 11.7 Å². The van der Waals surface area contributed by atoms with Crippen molar-refractivity contribution in [2.24, 2.45) is 13.0 Å². The van der Waals surface area contributed by atoms with Crippen LogP contribution in [0.2, 0.25) is 5.02 Å². The average Bonchev–Trinajstić information content (AvgIpc) is 2.99. The smallest absolute Gasteiger partial charge is 0.225 e. The minimum atomic E-state index is -0.301. The minimum Gasteiger partial charge on any atom is -0.352 e. The minimum absolute atomic E-state index is 0. The Labute approximate surface area is 162 Å². The lowest BCUT2D eigenvalue weighted by Gasteiger charge is -2.17. The van der Waals surface area contributed by atoms with Crippen LogP contribution in [0.5, 0.6) is 0 Å². The molecule has 0 spiro atoms. The van der Waals surface area contributed by atoms with Crippen molar-refractivity contribution in [3.8, 4) is 0 Å². The molecule has 1 saturated carbocycles. The Morgan fingerprint density at radius 3 is 2.88 bits per heavy atom. The number of aryl methyl sites for hydroxylation is 1. The first kappa shape index (κ1) is 19.1. The fraction of sp³-hybridized carbons (Fsp3) is 0.444. The van der Waals surface area contributed by atoms with Crippen molar-refractivity contribution >= 4 is 29.9 Å². The summed E-state index contributed by atoms with van der Waals surface area (Å²) in [6, 6.07) is 4.66. The van der Waals surface area contributed by atoms with E-state index in [0.29, 0.717) is 17.1 Å². The number of amides is 1. The molecule has 1 aliphatic heterocycles. The van der Waals surface area contributed by atoms with Gasteiger partial charge in [-0.05, 0) is 24.1 Å². The summed E-state index contributed by atoms with van der Waals surface area (Å²) in [5, 5.41) is 11.0. The maximum Gasteiger partial charge on any atom is 0.225 e. The van der Waals surface area contributed by atoms with Crippen molar-refractivity contribution in [1.29, 1.82) is 0 Å². The third kappa shape index (κ3) is 3.59. The van der Waals surface area contributed by atoms with Crippen LogP contribution >= 0.6 is 24.0 Å². The molecule has 26 heavy (non-hydrogen) atoms. The summed E-state index contributed by atoms with van der Waals surface area (Å²) < 4.78 is 15.8. The largest absolute Gasteiger partial charge is 0.352 e. The lowest BCUT2D eigenvalue weighted by Crippen LogP contribution is -2.36. The molecule has 2 aliphatic rings. The molecular weight excluding hydrogens is 378 g/mol. The van der Waals surface area contributed by atoms with Gasteiger partial charge in [0.1, 0.15) is 5.82 Å². The summed E-state index contributed by atoms with van der Waals surface area (Å²) in [4.78, 5) is 12.7. The van der Waals surface area contributed by atoms with Crippen LogP contribution in [0.1, 0.15) is 29.4 Å². The molecule has 140 valence electrons. The summed E-state index contributed by atoms with van der Waals surface area (Å²) in [6.45, 7) is 1.40. The summed E-state index contributed by atoms with van der Waals surface area (Å²) >= 11 is 6.13. The molecule has 0 radical (unpaired) electrons. The van der Waals surface area contributed by atoms with Gasteiger partial charge in [-0.1, -0.05) is 17.7 Å². The molecule has 5 nitrogen and oxygen atoms in total. The van der Waals surface area contributed by atoms with Crippen molar-refractivity contribution in [3.63, 3.8) is 0 Å². The Bertz CT molecular complexity index is 792. The van der Waals surface area contributed by atoms with E-state index in [-0.39, 0.29) is 47.9 Å². The summed E-state index contributed by atoms with van der Waals surface area (Å²) in [6.07, 6.45) is 4.50. The number of carbonyl (C=O) groups excluding carboxylic acids is 1. The fourth-order valence-corrected chi connectivity index (χ4v) is 4.07. The Balaban J connectivity index is 0.00000196. The molecule has 1 amide bonds. The highest BCUT2D eigenvalue weighted by atomic mass is 35.5. The zero-order chi connectivity index (χ0) is 17.6. The van der Waals surface area contributed by atoms with Crippen LogP contribution in [-0.2, 0) is 11.8 Å². The predicted octanol–water partition coefficient (Wildman–Crippen LogP) is 2.61. The van der Waals surface area contributed by atoms with E-state index in [1.54, 1.807) is 16.8 Å². The highest BCUT2D eigenvalue weighted by Gasteiger charge is 2.44. The van der Waals surface area contributed by atoms with Gasteiger partial charge < -0.3 is 10.6 Å². The van der Waals surface area contributed by atoms with Crippen molar-refractivity contribution in [3.05, 3.63) is 52.6 Å². The van der Waals surface area contributed by atoms with E-state index in [2.05, 4.69) is 15.7 Å². The SMILES string of the molecule is Cl.Cn1cc([C@H]2CNC[C@@H]2C(=O)NC2CC2c2c(F)cccc2Cl)cn1. The first-order chi connectivity index (χ1) is 12.0. The molecule has 1 aliphatic carbocycles. The number of aromatic nitrogens is 2. The molecule has 2 heterocycles. The number of benzene rings is 1. The van der Waals surface area contributed by atoms with Gasteiger partial charge in [-0.3, -0.25) is 9.48 Å². The number of carbonyl (C=O) groups is 1. The number of halogens is 3. The van der Waals surface area contributed by atoms with E-state index >= 15 is 0 Å². The maximum atomic E-state index is 14.0. The zero-order valence-electron chi connectivity index (χ0n) is 14.3. The third-order valence-corrected chi connectivity index (χ3v) is 5.52. The summed E-state index contributed by atoms with van der Waals surface area (Å²) in [5.74, 6) is -0.350. The monoisotopic (exact) mass is 398 g/mol. The first-order valence-electron chi connectivity index (χ1n) is 8.48. The van der Waals surface area contributed by atoms with E-state index in [1.165, 1.54) is 6.07 Å². The Morgan fingerprint density at radius 1 is 1.38 bits per heavy atom. The standard InChI is InChI=1S/C18H20ClFN4O.ClH/c1-24-9-10(6-22-24)12-7-21-8-13(12)18(25)23-16-5-11(16)17-14(19)3-2-4-15(17)20;/h2-4,6,9,11-13,16,21H,5,7-8H2,1H3,(H,23,25);1H/t11?,12-,13+,16?;/m1./s1. The molecule has 2 N–H and O–H groups in total. The molecule has 2 aromatic rings. The Hall–Kier alpha value is -1.63. The molecule has 8 heteroatoms. The molecule has 1 saturated heterocycles. The molecule has 2 fully saturated rings. The first-order valence-corrected chi connectivity index (χ1v) is 8.86. The molecule has 0 bridgehead atoms. The molecule has 4 rings (SSSR count). The van der Waals surface area contributed by atoms with Gasteiger partial charge in [0.05, 0.1) is 12.1 Å². The van der Waals surface area contributed by atoms with E-state index in [1.807, 2.05) is 19.4 Å². The lowest BCUT2D eigenvalue weighted by molar-refractivity contribution is -0.125. The van der Waals surface area contributed by atoms with Crippen LogP contribution in [0.3, 0.4) is 0 Å². The van der Waals surface area contributed by atoms with Crippen LogP contribution in [0.4, 0.5) is 4.39 Å². The summed E-state index contributed by atoms with van der Waals surface area (Å²) in [7, 11) is 1.87. The zero-order valence-corrected chi connectivity index (χ0v) is 15.9. The van der Waals surface area contributed by atoms with Crippen molar-refractivity contribution < 1.29 is 9.18 Å². The van der Waals surface area contributed by atoms with Gasteiger partial charge in [-0.2, -0.15) is 5.10 Å². The van der Waals surface area contributed by atoms with Crippen molar-refractivity contribution in [2.75, 3.05) is 13.1 Å². The van der Waals surface area contributed by atoms with E-state index in [9.17, 15) is 9.18 Å². The van der Waals surface area contributed by atoms with Gasteiger partial charge in [0.15, 0.2) is 0 Å². The van der Waals surface area contributed by atoms with Crippen LogP contribution in [-0.4, -0.2) is 34.8 Å². The molecule has 1 aromatic carbocycles. The third-order valence-electron chi connectivity index (χ3n) is 5.19. The predicted molar refractivity (Wildman–Crippen MR) is 100 cm³/mol. The van der Waals surface area contributed by atoms with E-state index in [4.69, 9.17) is 11.6 Å². The quantitative estimate of drug-likeness (QED) is 0.831. The Kier molecular flexibility index (Phi) is 5.55. The highest BCUT2D eigenvalue weighted by Crippen LogP contribution is 2.45. The number of nitrogens with one attached hydrogen (secondary N) is 2. The number of rotatable bonds is 4. The van der Waals surface area contributed by atoms with Gasteiger partial charge in [-0.25, -0.2) is 4.39 Å². The molecule has 1 aromatic heterocycles. The number of nitrogens with zero attached hydrogens (tertiary/aromatic N) is 2. The second-order valence-corrected chi connectivity index (χ2v) is 7.32. The van der Waals surface area contributed by atoms with E-state index < -0.39 is 0 Å². The van der Waals surface area contributed by atoms with Gasteiger partial charge >= 0.3 is 0 Å². The fourth-order valence-electron chi connectivity index (χ4n) is 3.76. The Morgan fingerprint density at radius 2 is 2.19 bits per heavy atom. The van der Waals surface area contributed by atoms with Gasteiger partial charge in [-0.15, -0.1) is 12.4 Å². The molecular formula is C18H21Cl2FN4O. The average molecular weight is 399 g/mol. The van der Waals surface area contributed by atoms with Crippen molar-refractivity contribution in [1.82, 2.24) is 20.4 Å². The highest BCUT2D eigenvalue weighted by molar-refractivity contribution is 6.31. The second-order valence-electron chi connectivity index (χ2n) is 6.91. The van der Waals surface area contributed by atoms with E-state index in [0.717, 1.165) is 18.5 Å². The number of hydrogen-bond acceptors (Lipinski definition) is 3. The lowest BCUT2D eigenvalue weighted by atomic mass is 9.90. The van der Waals surface area contributed by atoms with Gasteiger partial charge in [0.2, 0.25) is 5.91 Å². The van der Waals surface area contributed by atoms with Crippen LogP contribution in [0.25, 0.3) is 0 Å². The normalized spacial score (nSPS) is 27.0. The topological polar surface area (TPSA) is 59.0 Å². The van der Waals surface area contributed by atoms with Crippen LogP contribution < -0.4 is 10.6 Å². The van der Waals surface area contributed by atoms with Gasteiger partial charge in [0, 0.05) is 54.8 Å². The number of hydrogen-bond donors (Lipinski definition) is 2. The maximum absolute atomic E-state index is 14.0. The molecule has 2 unspecified atom stereocenters. The van der Waals surface area contributed by atoms with Crippen LogP contribution in [0.15, 0.2) is 30.6 Å².